The monoisotopic (exact) mass is 316 g/mol. The molecule has 1 aliphatic rings. The lowest BCUT2D eigenvalue weighted by Gasteiger charge is -2.34. The Labute approximate surface area is 131 Å². The Morgan fingerprint density at radius 3 is 2.62 bits per heavy atom. The van der Waals surface area contributed by atoms with E-state index in [4.69, 9.17) is 5.73 Å². The van der Waals surface area contributed by atoms with Crippen LogP contribution in [0.1, 0.15) is 25.5 Å². The molecule has 2 N–H and O–H groups in total. The van der Waals surface area contributed by atoms with E-state index >= 15 is 0 Å². The fourth-order valence-electron chi connectivity index (χ4n) is 2.82. The maximum atomic E-state index is 11.9. The molecule has 0 radical (unpaired) electrons. The van der Waals surface area contributed by atoms with Gasteiger partial charge in [-0.15, -0.1) is 12.4 Å². The van der Waals surface area contributed by atoms with Crippen molar-refractivity contribution in [1.29, 1.82) is 0 Å². The molecule has 0 aromatic carbocycles. The SMILES string of the molecule is CC(N)C1CCCN(Cc2cc(=O)n(C)c(=O)n2C)C1.Cl. The molecule has 1 aliphatic heterocycles. The molecule has 2 heterocycles. The fourth-order valence-corrected chi connectivity index (χ4v) is 2.82. The number of hydrogen-bond acceptors (Lipinski definition) is 4. The molecular weight excluding hydrogens is 292 g/mol. The lowest BCUT2D eigenvalue weighted by Crippen LogP contribution is -2.44. The number of piperidine rings is 1. The first kappa shape index (κ1) is 17.9. The highest BCUT2D eigenvalue weighted by Gasteiger charge is 2.23. The number of nitrogens with zero attached hydrogens (tertiary/aromatic N) is 3. The van der Waals surface area contributed by atoms with Crippen molar-refractivity contribution in [2.75, 3.05) is 13.1 Å². The minimum absolute atomic E-state index is 0. The fraction of sp³-hybridized carbons (Fsp3) is 0.714. The van der Waals surface area contributed by atoms with Crippen molar-refractivity contribution >= 4 is 12.4 Å². The topological polar surface area (TPSA) is 73.3 Å². The first-order valence-electron chi connectivity index (χ1n) is 7.14. The Balaban J connectivity index is 0.00000220. The number of rotatable bonds is 3. The molecule has 6 nitrogen and oxygen atoms in total. The standard InChI is InChI=1S/C14H24N4O2.ClH/c1-10(15)11-5-4-6-18(8-11)9-12-7-13(19)17(3)14(20)16(12)2;/h7,10-11H,4-6,8-9,15H2,1-3H3;1H. The summed E-state index contributed by atoms with van der Waals surface area (Å²) in [6, 6.07) is 1.74. The molecule has 2 rings (SSSR count). The van der Waals surface area contributed by atoms with Crippen molar-refractivity contribution in [2.24, 2.45) is 25.7 Å². The second-order valence-electron chi connectivity index (χ2n) is 5.87. The van der Waals surface area contributed by atoms with E-state index in [9.17, 15) is 9.59 Å². The maximum Gasteiger partial charge on any atom is 0.330 e. The highest BCUT2D eigenvalue weighted by Crippen LogP contribution is 2.19. The third-order valence-electron chi connectivity index (χ3n) is 4.30. The van der Waals surface area contributed by atoms with Crippen LogP contribution in [0.4, 0.5) is 0 Å². The molecule has 0 aliphatic carbocycles. The lowest BCUT2D eigenvalue weighted by molar-refractivity contribution is 0.151. The van der Waals surface area contributed by atoms with Crippen molar-refractivity contribution in [3.63, 3.8) is 0 Å². The minimum Gasteiger partial charge on any atom is -0.328 e. The van der Waals surface area contributed by atoms with E-state index in [1.165, 1.54) is 7.05 Å². The van der Waals surface area contributed by atoms with Gasteiger partial charge in [-0.25, -0.2) is 4.79 Å². The molecule has 0 spiro atoms. The zero-order valence-corrected chi connectivity index (χ0v) is 13.7. The van der Waals surface area contributed by atoms with E-state index in [0.717, 1.165) is 36.2 Å². The van der Waals surface area contributed by atoms with Crippen LogP contribution in [0, 0.1) is 5.92 Å². The predicted octanol–water partition coefficient (Wildman–Crippen LogP) is 0.0650. The van der Waals surface area contributed by atoms with Gasteiger partial charge in [0.1, 0.15) is 0 Å². The van der Waals surface area contributed by atoms with Gasteiger partial charge in [-0.1, -0.05) is 0 Å². The van der Waals surface area contributed by atoms with Gasteiger partial charge >= 0.3 is 5.69 Å². The molecule has 120 valence electrons. The summed E-state index contributed by atoms with van der Waals surface area (Å²) >= 11 is 0. The Morgan fingerprint density at radius 2 is 2.00 bits per heavy atom. The number of halogens is 1. The Hall–Kier alpha value is -1.11. The van der Waals surface area contributed by atoms with Crippen LogP contribution in [0.25, 0.3) is 0 Å². The molecule has 2 unspecified atom stereocenters. The highest BCUT2D eigenvalue weighted by atomic mass is 35.5. The van der Waals surface area contributed by atoms with Gasteiger partial charge < -0.3 is 5.73 Å². The summed E-state index contributed by atoms with van der Waals surface area (Å²) in [4.78, 5) is 25.9. The molecule has 7 heteroatoms. The van der Waals surface area contributed by atoms with Crippen molar-refractivity contribution in [1.82, 2.24) is 14.0 Å². The second kappa shape index (κ2) is 7.24. The van der Waals surface area contributed by atoms with Crippen LogP contribution in [0.2, 0.25) is 0 Å². The summed E-state index contributed by atoms with van der Waals surface area (Å²) in [5, 5.41) is 0. The smallest absolute Gasteiger partial charge is 0.328 e. The molecule has 2 atom stereocenters. The second-order valence-corrected chi connectivity index (χ2v) is 5.87. The number of nitrogens with two attached hydrogens (primary N) is 1. The van der Waals surface area contributed by atoms with E-state index in [2.05, 4.69) is 4.90 Å². The summed E-state index contributed by atoms with van der Waals surface area (Å²) in [7, 11) is 3.21. The summed E-state index contributed by atoms with van der Waals surface area (Å²) in [5.41, 5.74) is 6.24. The highest BCUT2D eigenvalue weighted by molar-refractivity contribution is 5.85. The predicted molar refractivity (Wildman–Crippen MR) is 85.8 cm³/mol. The average Bonchev–Trinajstić information content (AvgIpc) is 2.42. The molecule has 21 heavy (non-hydrogen) atoms. The van der Waals surface area contributed by atoms with Gasteiger partial charge in [0.25, 0.3) is 5.56 Å². The van der Waals surface area contributed by atoms with Crippen molar-refractivity contribution in [3.05, 3.63) is 32.6 Å². The molecule has 0 saturated carbocycles. The van der Waals surface area contributed by atoms with Crippen LogP contribution in [0.15, 0.2) is 15.7 Å². The Morgan fingerprint density at radius 1 is 1.33 bits per heavy atom. The van der Waals surface area contributed by atoms with Crippen molar-refractivity contribution in [3.8, 4) is 0 Å². The Kier molecular flexibility index (Phi) is 6.19. The van der Waals surface area contributed by atoms with Gasteiger partial charge in [0.15, 0.2) is 0 Å². The zero-order chi connectivity index (χ0) is 14.9. The number of hydrogen-bond donors (Lipinski definition) is 1. The summed E-state index contributed by atoms with van der Waals surface area (Å²) in [5.74, 6) is 0.493. The number of likely N-dealkylation sites (tertiary alicyclic amines) is 1. The van der Waals surface area contributed by atoms with E-state index < -0.39 is 0 Å². The van der Waals surface area contributed by atoms with Crippen LogP contribution < -0.4 is 17.0 Å². The Bertz CT molecular complexity index is 594. The molecular formula is C14H25ClN4O2. The van der Waals surface area contributed by atoms with Crippen LogP contribution in [0.3, 0.4) is 0 Å². The summed E-state index contributed by atoms with van der Waals surface area (Å²) in [6.45, 7) is 4.60. The van der Waals surface area contributed by atoms with Gasteiger partial charge in [0.2, 0.25) is 0 Å². The summed E-state index contributed by atoms with van der Waals surface area (Å²) in [6.07, 6.45) is 2.27. The molecule has 1 fully saturated rings. The van der Waals surface area contributed by atoms with Gasteiger partial charge in [0, 0.05) is 45.0 Å². The maximum absolute atomic E-state index is 11.9. The minimum atomic E-state index is -0.270. The van der Waals surface area contributed by atoms with Crippen LogP contribution in [-0.4, -0.2) is 33.2 Å². The molecule has 1 aromatic rings. The van der Waals surface area contributed by atoms with Crippen LogP contribution in [0.5, 0.6) is 0 Å². The van der Waals surface area contributed by atoms with Crippen LogP contribution in [-0.2, 0) is 20.6 Å². The zero-order valence-electron chi connectivity index (χ0n) is 12.9. The molecule has 1 aromatic heterocycles. The largest absolute Gasteiger partial charge is 0.330 e. The van der Waals surface area contributed by atoms with Gasteiger partial charge in [-0.3, -0.25) is 18.8 Å². The van der Waals surface area contributed by atoms with Crippen molar-refractivity contribution < 1.29 is 0 Å². The van der Waals surface area contributed by atoms with E-state index in [-0.39, 0.29) is 29.7 Å². The van der Waals surface area contributed by atoms with Crippen LogP contribution >= 0.6 is 12.4 Å². The van der Waals surface area contributed by atoms with E-state index in [1.54, 1.807) is 17.7 Å². The normalized spacial score (nSPS) is 20.9. The quantitative estimate of drug-likeness (QED) is 0.856. The number of aromatic nitrogens is 2. The summed E-state index contributed by atoms with van der Waals surface area (Å²) < 4.78 is 2.68. The molecule has 1 saturated heterocycles. The van der Waals surface area contributed by atoms with Gasteiger partial charge in [0.05, 0.1) is 0 Å². The van der Waals surface area contributed by atoms with Gasteiger partial charge in [-0.05, 0) is 32.2 Å². The molecule has 0 bridgehead atoms. The van der Waals surface area contributed by atoms with Crippen molar-refractivity contribution in [2.45, 2.75) is 32.4 Å². The average molecular weight is 317 g/mol. The van der Waals surface area contributed by atoms with E-state index in [1.807, 2.05) is 6.92 Å². The lowest BCUT2D eigenvalue weighted by atomic mass is 9.92. The third kappa shape index (κ3) is 3.96. The third-order valence-corrected chi connectivity index (χ3v) is 4.30. The van der Waals surface area contributed by atoms with Gasteiger partial charge in [-0.2, -0.15) is 0 Å². The molecule has 0 amide bonds. The first-order valence-corrected chi connectivity index (χ1v) is 7.14. The van der Waals surface area contributed by atoms with E-state index in [0.29, 0.717) is 12.5 Å². The first-order chi connectivity index (χ1) is 9.40.